The van der Waals surface area contributed by atoms with Gasteiger partial charge in [0.05, 0.1) is 0 Å². The van der Waals surface area contributed by atoms with Crippen LogP contribution in [0.4, 0.5) is 0 Å². The minimum atomic E-state index is 0. The molecule has 3 nitrogen and oxygen atoms in total. The molecule has 6 heteroatoms. The molecular formula is C12H24Cl3N3. The number of nitrogens with one attached hydrogen (secondary N) is 3. The fourth-order valence-corrected chi connectivity index (χ4v) is 1.76. The summed E-state index contributed by atoms with van der Waals surface area (Å²) in [6.07, 6.45) is 0. The van der Waals surface area contributed by atoms with E-state index in [0.29, 0.717) is 0 Å². The number of hydrogen-bond acceptors (Lipinski definition) is 3. The third-order valence-corrected chi connectivity index (χ3v) is 2.26. The van der Waals surface area contributed by atoms with E-state index in [0.717, 1.165) is 19.6 Å². The smallest absolute Gasteiger partial charge is 0.0202 e. The molecular weight excluding hydrogens is 293 g/mol. The van der Waals surface area contributed by atoms with Crippen molar-refractivity contribution in [2.45, 2.75) is 19.6 Å². The highest BCUT2D eigenvalue weighted by molar-refractivity contribution is 5.86. The van der Waals surface area contributed by atoms with Crippen molar-refractivity contribution >= 4 is 37.2 Å². The fraction of sp³-hybridized carbons (Fsp3) is 0.500. The number of rotatable bonds is 6. The zero-order valence-electron chi connectivity index (χ0n) is 11.1. The predicted octanol–water partition coefficient (Wildman–Crippen LogP) is 2.11. The molecule has 0 bridgehead atoms. The van der Waals surface area contributed by atoms with E-state index in [1.165, 1.54) is 16.7 Å². The van der Waals surface area contributed by atoms with Crippen LogP contribution in [0.2, 0.25) is 0 Å². The van der Waals surface area contributed by atoms with E-state index in [9.17, 15) is 0 Å². The van der Waals surface area contributed by atoms with Gasteiger partial charge in [0, 0.05) is 19.6 Å². The average Bonchev–Trinajstić information content (AvgIpc) is 2.19. The topological polar surface area (TPSA) is 36.1 Å². The normalized spacial score (nSPS) is 8.83. The minimum absolute atomic E-state index is 0. The summed E-state index contributed by atoms with van der Waals surface area (Å²) in [7, 11) is 5.92. The van der Waals surface area contributed by atoms with Gasteiger partial charge in [-0.2, -0.15) is 0 Å². The molecule has 0 aromatic heterocycles. The van der Waals surface area contributed by atoms with Gasteiger partial charge in [0.25, 0.3) is 0 Å². The van der Waals surface area contributed by atoms with E-state index in [1.807, 2.05) is 21.1 Å². The predicted molar refractivity (Wildman–Crippen MR) is 86.5 cm³/mol. The molecule has 18 heavy (non-hydrogen) atoms. The molecule has 0 unspecified atom stereocenters. The Hall–Kier alpha value is -0.0300. The van der Waals surface area contributed by atoms with Crippen molar-refractivity contribution in [1.82, 2.24) is 16.0 Å². The molecule has 0 spiro atoms. The first kappa shape index (κ1) is 23.1. The third-order valence-electron chi connectivity index (χ3n) is 2.26. The van der Waals surface area contributed by atoms with Crippen LogP contribution in [0.25, 0.3) is 0 Å². The molecule has 1 rings (SSSR count). The zero-order chi connectivity index (χ0) is 11.1. The van der Waals surface area contributed by atoms with Crippen LogP contribution in [-0.2, 0) is 19.6 Å². The van der Waals surface area contributed by atoms with E-state index in [-0.39, 0.29) is 37.2 Å². The summed E-state index contributed by atoms with van der Waals surface area (Å²) in [4.78, 5) is 0. The Morgan fingerprint density at radius 1 is 0.611 bits per heavy atom. The summed E-state index contributed by atoms with van der Waals surface area (Å²) in [5, 5.41) is 9.55. The van der Waals surface area contributed by atoms with Gasteiger partial charge in [-0.1, -0.05) is 18.2 Å². The number of hydrogen-bond donors (Lipinski definition) is 3. The van der Waals surface area contributed by atoms with Gasteiger partial charge in [-0.25, -0.2) is 0 Å². The summed E-state index contributed by atoms with van der Waals surface area (Å²) < 4.78 is 0. The van der Waals surface area contributed by atoms with Crippen molar-refractivity contribution < 1.29 is 0 Å². The maximum Gasteiger partial charge on any atom is 0.0202 e. The number of benzene rings is 1. The SMILES string of the molecule is CNCc1cc(CNC)cc(CNC)c1.Cl.Cl.Cl. The molecule has 0 saturated carbocycles. The maximum absolute atomic E-state index is 3.18. The van der Waals surface area contributed by atoms with Gasteiger partial charge >= 0.3 is 0 Å². The summed E-state index contributed by atoms with van der Waals surface area (Å²) >= 11 is 0. The molecule has 0 amide bonds. The van der Waals surface area contributed by atoms with Crippen LogP contribution in [0.3, 0.4) is 0 Å². The Labute approximate surface area is 129 Å². The summed E-state index contributed by atoms with van der Waals surface area (Å²) in [6, 6.07) is 6.73. The van der Waals surface area contributed by atoms with Gasteiger partial charge in [0.15, 0.2) is 0 Å². The molecule has 0 saturated heterocycles. The molecule has 0 aliphatic heterocycles. The Bertz CT molecular complexity index is 249. The Morgan fingerprint density at radius 2 is 0.833 bits per heavy atom. The molecule has 1 aromatic rings. The molecule has 0 aliphatic rings. The minimum Gasteiger partial charge on any atom is -0.316 e. The van der Waals surface area contributed by atoms with Gasteiger partial charge in [0.1, 0.15) is 0 Å². The molecule has 0 atom stereocenters. The Morgan fingerprint density at radius 3 is 1.00 bits per heavy atom. The average molecular weight is 317 g/mol. The van der Waals surface area contributed by atoms with Gasteiger partial charge in [-0.3, -0.25) is 0 Å². The first-order valence-corrected chi connectivity index (χ1v) is 5.35. The molecule has 108 valence electrons. The Kier molecular flexibility index (Phi) is 17.2. The van der Waals surface area contributed by atoms with Gasteiger partial charge in [-0.05, 0) is 37.8 Å². The quantitative estimate of drug-likeness (QED) is 0.752. The second-order valence-electron chi connectivity index (χ2n) is 3.75. The molecule has 0 heterocycles. The van der Waals surface area contributed by atoms with Crippen LogP contribution in [0, 0.1) is 0 Å². The lowest BCUT2D eigenvalue weighted by atomic mass is 10.1. The van der Waals surface area contributed by atoms with Crippen LogP contribution in [0.1, 0.15) is 16.7 Å². The fourth-order valence-electron chi connectivity index (χ4n) is 1.76. The second kappa shape index (κ2) is 13.4. The first-order valence-electron chi connectivity index (χ1n) is 5.35. The molecule has 0 aliphatic carbocycles. The van der Waals surface area contributed by atoms with Crippen molar-refractivity contribution in [2.24, 2.45) is 0 Å². The van der Waals surface area contributed by atoms with Crippen LogP contribution in [-0.4, -0.2) is 21.1 Å². The largest absolute Gasteiger partial charge is 0.316 e. The summed E-state index contributed by atoms with van der Waals surface area (Å²) in [5.41, 5.74) is 4.03. The van der Waals surface area contributed by atoms with Crippen molar-refractivity contribution in [3.8, 4) is 0 Å². The maximum atomic E-state index is 3.18. The highest BCUT2D eigenvalue weighted by Crippen LogP contribution is 2.10. The van der Waals surface area contributed by atoms with Gasteiger partial charge < -0.3 is 16.0 Å². The first-order chi connectivity index (χ1) is 7.30. The second-order valence-corrected chi connectivity index (χ2v) is 3.75. The molecule has 0 radical (unpaired) electrons. The van der Waals surface area contributed by atoms with E-state index >= 15 is 0 Å². The summed E-state index contributed by atoms with van der Waals surface area (Å²) in [6.45, 7) is 2.77. The van der Waals surface area contributed by atoms with Crippen LogP contribution in [0.5, 0.6) is 0 Å². The van der Waals surface area contributed by atoms with Crippen LogP contribution in [0.15, 0.2) is 18.2 Å². The molecule has 1 aromatic carbocycles. The molecule has 3 N–H and O–H groups in total. The van der Waals surface area contributed by atoms with Crippen molar-refractivity contribution in [3.63, 3.8) is 0 Å². The van der Waals surface area contributed by atoms with Crippen molar-refractivity contribution in [2.75, 3.05) is 21.1 Å². The summed E-state index contributed by atoms with van der Waals surface area (Å²) in [5.74, 6) is 0. The van der Waals surface area contributed by atoms with E-state index < -0.39 is 0 Å². The molecule has 0 fully saturated rings. The van der Waals surface area contributed by atoms with E-state index in [1.54, 1.807) is 0 Å². The van der Waals surface area contributed by atoms with Crippen molar-refractivity contribution in [1.29, 1.82) is 0 Å². The van der Waals surface area contributed by atoms with Crippen LogP contribution >= 0.6 is 37.2 Å². The number of halogens is 3. The highest BCUT2D eigenvalue weighted by Gasteiger charge is 1.99. The van der Waals surface area contributed by atoms with Gasteiger partial charge in [-0.15, -0.1) is 37.2 Å². The van der Waals surface area contributed by atoms with E-state index in [2.05, 4.69) is 34.1 Å². The highest BCUT2D eigenvalue weighted by atomic mass is 35.5. The van der Waals surface area contributed by atoms with Crippen LogP contribution < -0.4 is 16.0 Å². The Balaban J connectivity index is -0.000000750. The monoisotopic (exact) mass is 315 g/mol. The lowest BCUT2D eigenvalue weighted by Crippen LogP contribution is -2.11. The van der Waals surface area contributed by atoms with Gasteiger partial charge in [0.2, 0.25) is 0 Å². The van der Waals surface area contributed by atoms with Crippen molar-refractivity contribution in [3.05, 3.63) is 34.9 Å². The standard InChI is InChI=1S/C12H21N3.3ClH/c1-13-7-10-4-11(8-14-2)6-12(5-10)9-15-3;;;/h4-6,13-15H,7-9H2,1-3H3;3*1H. The zero-order valence-corrected chi connectivity index (χ0v) is 13.5. The van der Waals surface area contributed by atoms with E-state index in [4.69, 9.17) is 0 Å². The lowest BCUT2D eigenvalue weighted by Gasteiger charge is -2.09. The lowest BCUT2D eigenvalue weighted by molar-refractivity contribution is 0.777. The third kappa shape index (κ3) is 8.14.